The topological polar surface area (TPSA) is 67.1 Å². The number of aromatic nitrogens is 3. The second-order valence-corrected chi connectivity index (χ2v) is 7.91. The molecular weight excluding hydrogens is 336 g/mol. The molecule has 0 bridgehead atoms. The van der Waals surface area contributed by atoms with Gasteiger partial charge in [0, 0.05) is 19.1 Å². The molecule has 6 heteroatoms. The first-order valence-corrected chi connectivity index (χ1v) is 10.2. The molecule has 0 atom stereocenters. The molecule has 0 aliphatic heterocycles. The van der Waals surface area contributed by atoms with Gasteiger partial charge in [0.15, 0.2) is 11.8 Å². The Hall–Kier alpha value is -2.37. The van der Waals surface area contributed by atoms with E-state index in [1.165, 1.54) is 44.1 Å². The van der Waals surface area contributed by atoms with Crippen molar-refractivity contribution in [2.45, 2.75) is 70.0 Å². The van der Waals surface area contributed by atoms with Gasteiger partial charge < -0.3 is 15.2 Å². The standard InChI is InChI=1S/C21H30N6/c1-15-25-26-20(27(15)2)14-22-21(24-19-12-13-19)23-18-10-8-17(9-11-18)16-6-4-3-5-7-16/h3-7,17-19H,8-14H2,1-2H3,(H2,22,23,24). The van der Waals surface area contributed by atoms with Crippen LogP contribution in [-0.4, -0.2) is 32.8 Å². The van der Waals surface area contributed by atoms with Crippen LogP contribution in [-0.2, 0) is 13.6 Å². The highest BCUT2D eigenvalue weighted by atomic mass is 15.3. The lowest BCUT2D eigenvalue weighted by Crippen LogP contribution is -2.45. The quantitative estimate of drug-likeness (QED) is 0.630. The molecule has 1 aromatic heterocycles. The first kappa shape index (κ1) is 18.0. The molecule has 4 rings (SSSR count). The van der Waals surface area contributed by atoms with Gasteiger partial charge in [0.25, 0.3) is 0 Å². The lowest BCUT2D eigenvalue weighted by Gasteiger charge is -2.30. The highest BCUT2D eigenvalue weighted by Crippen LogP contribution is 2.32. The van der Waals surface area contributed by atoms with Crippen LogP contribution in [0.15, 0.2) is 35.3 Å². The fraction of sp³-hybridized carbons (Fsp3) is 0.571. The van der Waals surface area contributed by atoms with Crippen molar-refractivity contribution in [1.29, 1.82) is 0 Å². The summed E-state index contributed by atoms with van der Waals surface area (Å²) >= 11 is 0. The van der Waals surface area contributed by atoms with E-state index in [4.69, 9.17) is 4.99 Å². The summed E-state index contributed by atoms with van der Waals surface area (Å²) in [6, 6.07) is 12.0. The summed E-state index contributed by atoms with van der Waals surface area (Å²) in [6.45, 7) is 2.52. The van der Waals surface area contributed by atoms with E-state index in [0.29, 0.717) is 24.5 Å². The Balaban J connectivity index is 1.35. The van der Waals surface area contributed by atoms with E-state index in [1.807, 2.05) is 18.5 Å². The molecule has 2 saturated carbocycles. The van der Waals surface area contributed by atoms with Gasteiger partial charge in [0.1, 0.15) is 12.4 Å². The van der Waals surface area contributed by atoms with E-state index in [-0.39, 0.29) is 0 Å². The summed E-state index contributed by atoms with van der Waals surface area (Å²) in [6.07, 6.45) is 7.33. The van der Waals surface area contributed by atoms with E-state index in [2.05, 4.69) is 51.2 Å². The maximum Gasteiger partial charge on any atom is 0.192 e. The van der Waals surface area contributed by atoms with Crippen LogP contribution in [0.4, 0.5) is 0 Å². The summed E-state index contributed by atoms with van der Waals surface area (Å²) in [5.41, 5.74) is 1.48. The zero-order chi connectivity index (χ0) is 18.6. The molecule has 27 heavy (non-hydrogen) atoms. The first-order chi connectivity index (χ1) is 13.2. The van der Waals surface area contributed by atoms with E-state index in [9.17, 15) is 0 Å². The number of aryl methyl sites for hydroxylation is 1. The van der Waals surface area contributed by atoms with Gasteiger partial charge in [-0.15, -0.1) is 10.2 Å². The third kappa shape index (κ3) is 4.67. The normalized spacial score (nSPS) is 23.3. The molecule has 6 nitrogen and oxygen atoms in total. The van der Waals surface area contributed by atoms with Crippen LogP contribution < -0.4 is 10.6 Å². The number of rotatable bonds is 5. The van der Waals surface area contributed by atoms with Gasteiger partial charge in [-0.2, -0.15) is 0 Å². The smallest absolute Gasteiger partial charge is 0.192 e. The molecule has 0 saturated heterocycles. The lowest BCUT2D eigenvalue weighted by atomic mass is 9.82. The van der Waals surface area contributed by atoms with E-state index in [1.54, 1.807) is 0 Å². The maximum absolute atomic E-state index is 4.79. The number of benzene rings is 1. The molecule has 0 spiro atoms. The van der Waals surface area contributed by atoms with Crippen molar-refractivity contribution in [3.8, 4) is 0 Å². The third-order valence-corrected chi connectivity index (χ3v) is 5.82. The molecule has 2 N–H and O–H groups in total. The van der Waals surface area contributed by atoms with Crippen molar-refractivity contribution in [3.63, 3.8) is 0 Å². The lowest BCUT2D eigenvalue weighted by molar-refractivity contribution is 0.371. The number of nitrogens with one attached hydrogen (secondary N) is 2. The summed E-state index contributed by atoms with van der Waals surface area (Å²) in [5.74, 6) is 3.45. The molecule has 144 valence electrons. The van der Waals surface area contributed by atoms with Gasteiger partial charge in [-0.3, -0.25) is 0 Å². The molecule has 2 aliphatic carbocycles. The summed E-state index contributed by atoms with van der Waals surface area (Å²) in [4.78, 5) is 4.79. The van der Waals surface area contributed by atoms with Crippen molar-refractivity contribution in [2.75, 3.05) is 0 Å². The number of guanidine groups is 1. The van der Waals surface area contributed by atoms with Gasteiger partial charge in [-0.1, -0.05) is 30.3 Å². The molecule has 0 amide bonds. The Kier molecular flexibility index (Phi) is 5.41. The van der Waals surface area contributed by atoms with Crippen LogP contribution >= 0.6 is 0 Å². The second kappa shape index (κ2) is 8.11. The molecular formula is C21H30N6. The van der Waals surface area contributed by atoms with Gasteiger partial charge in [-0.25, -0.2) is 4.99 Å². The molecule has 2 aliphatic rings. The van der Waals surface area contributed by atoms with Crippen LogP contribution in [0.25, 0.3) is 0 Å². The number of nitrogens with zero attached hydrogens (tertiary/aromatic N) is 4. The zero-order valence-corrected chi connectivity index (χ0v) is 16.4. The molecule has 0 radical (unpaired) electrons. The zero-order valence-electron chi connectivity index (χ0n) is 16.4. The average molecular weight is 367 g/mol. The summed E-state index contributed by atoms with van der Waals surface area (Å²) < 4.78 is 2.00. The third-order valence-electron chi connectivity index (χ3n) is 5.82. The highest BCUT2D eigenvalue weighted by molar-refractivity contribution is 5.80. The molecule has 1 heterocycles. The number of hydrogen-bond acceptors (Lipinski definition) is 3. The van der Waals surface area contributed by atoms with Crippen molar-refractivity contribution < 1.29 is 0 Å². The van der Waals surface area contributed by atoms with E-state index >= 15 is 0 Å². The average Bonchev–Trinajstić information content (AvgIpc) is 3.46. The molecule has 2 fully saturated rings. The SMILES string of the molecule is Cc1nnc(CN=C(NC2CC2)NC2CCC(c3ccccc3)CC2)n1C. The fourth-order valence-electron chi connectivity index (χ4n) is 3.78. The Morgan fingerprint density at radius 3 is 2.19 bits per heavy atom. The largest absolute Gasteiger partial charge is 0.354 e. The molecule has 1 aromatic carbocycles. The van der Waals surface area contributed by atoms with Gasteiger partial charge >= 0.3 is 0 Å². The minimum absolute atomic E-state index is 0.496. The Morgan fingerprint density at radius 1 is 1.00 bits per heavy atom. The minimum Gasteiger partial charge on any atom is -0.354 e. The number of aliphatic imine (C=N–C) groups is 1. The maximum atomic E-state index is 4.79. The summed E-state index contributed by atoms with van der Waals surface area (Å²) in [7, 11) is 1.99. The van der Waals surface area contributed by atoms with Gasteiger partial charge in [-0.05, 0) is 56.9 Å². The molecule has 0 unspecified atom stereocenters. The van der Waals surface area contributed by atoms with Crippen molar-refractivity contribution in [1.82, 2.24) is 25.4 Å². The Labute approximate surface area is 161 Å². The first-order valence-electron chi connectivity index (χ1n) is 10.2. The second-order valence-electron chi connectivity index (χ2n) is 7.91. The van der Waals surface area contributed by atoms with Crippen LogP contribution in [0.3, 0.4) is 0 Å². The summed E-state index contributed by atoms with van der Waals surface area (Å²) in [5, 5.41) is 15.6. The van der Waals surface area contributed by atoms with E-state index in [0.717, 1.165) is 17.6 Å². The Morgan fingerprint density at radius 2 is 1.63 bits per heavy atom. The highest BCUT2D eigenvalue weighted by Gasteiger charge is 2.26. The van der Waals surface area contributed by atoms with Crippen molar-refractivity contribution >= 4 is 5.96 Å². The fourth-order valence-corrected chi connectivity index (χ4v) is 3.78. The van der Waals surface area contributed by atoms with Gasteiger partial charge in [0.05, 0.1) is 0 Å². The van der Waals surface area contributed by atoms with Crippen molar-refractivity contribution in [2.24, 2.45) is 12.0 Å². The predicted molar refractivity (Wildman–Crippen MR) is 108 cm³/mol. The van der Waals surface area contributed by atoms with Crippen LogP contribution in [0.5, 0.6) is 0 Å². The Bertz CT molecular complexity index is 769. The van der Waals surface area contributed by atoms with E-state index < -0.39 is 0 Å². The minimum atomic E-state index is 0.496. The van der Waals surface area contributed by atoms with Crippen LogP contribution in [0.1, 0.15) is 61.7 Å². The monoisotopic (exact) mass is 366 g/mol. The predicted octanol–water partition coefficient (Wildman–Crippen LogP) is 3.05. The van der Waals surface area contributed by atoms with Crippen molar-refractivity contribution in [3.05, 3.63) is 47.5 Å². The van der Waals surface area contributed by atoms with Crippen LogP contribution in [0.2, 0.25) is 0 Å². The van der Waals surface area contributed by atoms with Gasteiger partial charge in [0.2, 0.25) is 0 Å². The molecule has 2 aromatic rings. The van der Waals surface area contributed by atoms with Crippen LogP contribution in [0, 0.1) is 6.92 Å². The number of hydrogen-bond donors (Lipinski definition) is 2.